The molecule has 0 radical (unpaired) electrons. The van der Waals surface area contributed by atoms with Crippen LogP contribution in [0.3, 0.4) is 0 Å². The topological polar surface area (TPSA) is 285 Å². The van der Waals surface area contributed by atoms with Crippen LogP contribution >= 0.6 is 0 Å². The molecule has 1 heterocycles. The van der Waals surface area contributed by atoms with Crippen molar-refractivity contribution < 1.29 is 43.5 Å². The minimum absolute atomic E-state index is 0.0743. The van der Waals surface area contributed by atoms with E-state index in [2.05, 4.69) is 31.6 Å². The third-order valence-corrected chi connectivity index (χ3v) is 9.23. The molecule has 17 nitrogen and oxygen atoms in total. The number of carbonyl (C=O) groups excluding carboxylic acids is 7. The number of aromatic amines is 1. The molecular formula is C41H48N8O9. The number of hydrogen-bond acceptors (Lipinski definition) is 8. The first-order valence-corrected chi connectivity index (χ1v) is 18.6. The quantitative estimate of drug-likeness (QED) is 0.0527. The number of benzene rings is 3. The number of carboxylic acids is 1. The Balaban J connectivity index is 1.62. The van der Waals surface area contributed by atoms with Gasteiger partial charge in [-0.3, -0.25) is 33.6 Å². The highest BCUT2D eigenvalue weighted by Gasteiger charge is 2.33. The summed E-state index contributed by atoms with van der Waals surface area (Å²) in [6.07, 6.45) is 0.239. The molecular weight excluding hydrogens is 748 g/mol. The van der Waals surface area contributed by atoms with Gasteiger partial charge in [0.05, 0.1) is 0 Å². The van der Waals surface area contributed by atoms with Crippen LogP contribution in [0.1, 0.15) is 49.3 Å². The maximum atomic E-state index is 14.2. The first-order chi connectivity index (χ1) is 27.7. The number of primary amides is 2. The largest absolute Gasteiger partial charge is 0.480 e. The molecule has 5 atom stereocenters. The maximum absolute atomic E-state index is 14.2. The number of rotatable bonds is 22. The Bertz CT molecular complexity index is 2090. The second-order valence-corrected chi connectivity index (χ2v) is 13.8. The van der Waals surface area contributed by atoms with Crippen LogP contribution in [-0.4, -0.2) is 87.6 Å². The second kappa shape index (κ2) is 21.3. The van der Waals surface area contributed by atoms with Crippen molar-refractivity contribution in [3.8, 4) is 0 Å². The molecule has 0 aliphatic rings. The zero-order valence-corrected chi connectivity index (χ0v) is 31.9. The van der Waals surface area contributed by atoms with Gasteiger partial charge >= 0.3 is 5.97 Å². The van der Waals surface area contributed by atoms with Crippen molar-refractivity contribution in [1.82, 2.24) is 31.6 Å². The van der Waals surface area contributed by atoms with Crippen molar-refractivity contribution in [1.29, 1.82) is 0 Å². The third-order valence-electron chi connectivity index (χ3n) is 9.23. The molecule has 0 fully saturated rings. The first-order valence-electron chi connectivity index (χ1n) is 18.6. The van der Waals surface area contributed by atoms with Crippen LogP contribution in [0.4, 0.5) is 0 Å². The van der Waals surface area contributed by atoms with E-state index in [1.807, 2.05) is 0 Å². The fourth-order valence-electron chi connectivity index (χ4n) is 6.28. The number of hydrogen-bond donors (Lipinski definition) is 9. The molecule has 0 saturated carbocycles. The summed E-state index contributed by atoms with van der Waals surface area (Å²) in [7, 11) is 0. The van der Waals surface area contributed by atoms with Crippen molar-refractivity contribution in [3.63, 3.8) is 0 Å². The SMILES string of the molecule is CC(=O)N[C@@H](Cc1ccccc1)C(=O)N[C@@H](CCC(N)=O)C(=O)N[C@@H](Cc1c[nH]c2ccccc12)C(=O)N[C@@H](CCC(N)=O)C(=O)N[C@@H](Cc1ccccc1)C(=O)O. The Kier molecular flexibility index (Phi) is 16.1. The van der Waals surface area contributed by atoms with E-state index in [4.69, 9.17) is 11.5 Å². The number of aromatic nitrogens is 1. The maximum Gasteiger partial charge on any atom is 0.326 e. The fourth-order valence-corrected chi connectivity index (χ4v) is 6.28. The lowest BCUT2D eigenvalue weighted by atomic mass is 10.0. The summed E-state index contributed by atoms with van der Waals surface area (Å²) < 4.78 is 0. The first kappa shape index (κ1) is 43.7. The number of carbonyl (C=O) groups is 8. The van der Waals surface area contributed by atoms with E-state index in [0.29, 0.717) is 11.1 Å². The lowest BCUT2D eigenvalue weighted by Gasteiger charge is -2.27. The minimum Gasteiger partial charge on any atom is -0.480 e. The van der Waals surface area contributed by atoms with Gasteiger partial charge in [-0.2, -0.15) is 0 Å². The number of fused-ring (bicyclic) bond motifs is 1. The number of carboxylic acid groups (broad SMARTS) is 1. The van der Waals surface area contributed by atoms with Crippen LogP contribution in [0.2, 0.25) is 0 Å². The molecule has 0 bridgehead atoms. The fraction of sp³-hybridized carbons (Fsp3) is 0.317. The van der Waals surface area contributed by atoms with E-state index in [9.17, 15) is 43.5 Å². The summed E-state index contributed by atoms with van der Waals surface area (Å²) >= 11 is 0. The van der Waals surface area contributed by atoms with Gasteiger partial charge in [-0.05, 0) is 35.6 Å². The van der Waals surface area contributed by atoms with Crippen molar-refractivity contribution in [2.45, 2.75) is 82.1 Å². The highest BCUT2D eigenvalue weighted by molar-refractivity contribution is 5.97. The van der Waals surface area contributed by atoms with Gasteiger partial charge in [-0.25, -0.2) is 4.79 Å². The molecule has 0 spiro atoms. The number of para-hydroxylation sites is 1. The molecule has 17 heteroatoms. The third kappa shape index (κ3) is 13.6. The standard InChI is InChI=1S/C41H48N8O9/c1-24(50)45-32(20-25-10-4-2-5-11-25)39(55)46-30(16-18-35(42)51)37(53)48-33(22-27-23-44-29-15-9-8-14-28(27)29)40(56)47-31(17-19-36(43)52)38(54)49-34(41(57)58)21-26-12-6-3-7-13-26/h2-15,23,30-34,44H,16-22H2,1H3,(H2,42,51)(H2,43,52)(H,45,50)(H,46,55)(H,47,56)(H,48,53)(H,49,54)(H,57,58)/t30-,31-,32-,33-,34-/m0/s1. The number of amides is 7. The number of aliphatic carboxylic acids is 1. The molecule has 4 rings (SSSR count). The van der Waals surface area contributed by atoms with Crippen LogP contribution in [0.5, 0.6) is 0 Å². The van der Waals surface area contributed by atoms with Crippen LogP contribution in [0.25, 0.3) is 10.9 Å². The van der Waals surface area contributed by atoms with Crippen molar-refractivity contribution in [2.75, 3.05) is 0 Å². The normalized spacial score (nSPS) is 13.5. The molecule has 7 amide bonds. The second-order valence-electron chi connectivity index (χ2n) is 13.8. The molecule has 0 saturated heterocycles. The lowest BCUT2D eigenvalue weighted by Crippen LogP contribution is -2.59. The summed E-state index contributed by atoms with van der Waals surface area (Å²) in [6.45, 7) is 1.23. The highest BCUT2D eigenvalue weighted by Crippen LogP contribution is 2.20. The summed E-state index contributed by atoms with van der Waals surface area (Å²) in [6, 6.07) is 17.7. The van der Waals surface area contributed by atoms with Crippen LogP contribution in [0, 0.1) is 0 Å². The number of nitrogens with one attached hydrogen (secondary N) is 6. The predicted octanol–water partition coefficient (Wildman–Crippen LogP) is 0.255. The molecule has 0 aliphatic heterocycles. The van der Waals surface area contributed by atoms with E-state index >= 15 is 0 Å². The number of H-pyrrole nitrogens is 1. The van der Waals surface area contributed by atoms with E-state index in [-0.39, 0.29) is 44.9 Å². The summed E-state index contributed by atoms with van der Waals surface area (Å²) in [4.78, 5) is 107. The molecule has 0 unspecified atom stereocenters. The molecule has 11 N–H and O–H groups in total. The van der Waals surface area contributed by atoms with E-state index in [1.165, 1.54) is 6.92 Å². The van der Waals surface area contributed by atoms with Gasteiger partial charge in [0.25, 0.3) is 0 Å². The minimum atomic E-state index is -1.47. The molecule has 0 aliphatic carbocycles. The Morgan fingerprint density at radius 3 is 1.45 bits per heavy atom. The van der Waals surface area contributed by atoms with Gasteiger partial charge in [-0.15, -0.1) is 0 Å². The molecule has 306 valence electrons. The monoisotopic (exact) mass is 796 g/mol. The van der Waals surface area contributed by atoms with Crippen molar-refractivity contribution in [3.05, 3.63) is 108 Å². The number of nitrogens with two attached hydrogens (primary N) is 2. The van der Waals surface area contributed by atoms with Gasteiger partial charge in [0, 0.05) is 56.1 Å². The predicted molar refractivity (Wildman–Crippen MR) is 212 cm³/mol. The van der Waals surface area contributed by atoms with Crippen LogP contribution in [0.15, 0.2) is 91.1 Å². The van der Waals surface area contributed by atoms with Crippen LogP contribution in [-0.2, 0) is 57.6 Å². The lowest BCUT2D eigenvalue weighted by molar-refractivity contribution is -0.142. The summed E-state index contributed by atoms with van der Waals surface area (Å²) in [5, 5.41) is 23.4. The van der Waals surface area contributed by atoms with Gasteiger partial charge in [0.2, 0.25) is 41.4 Å². The van der Waals surface area contributed by atoms with Gasteiger partial charge in [0.1, 0.15) is 30.2 Å². The smallest absolute Gasteiger partial charge is 0.326 e. The Hall–Kier alpha value is -7.04. The highest BCUT2D eigenvalue weighted by atomic mass is 16.4. The summed E-state index contributed by atoms with van der Waals surface area (Å²) in [5.41, 5.74) is 13.4. The molecule has 3 aromatic carbocycles. The average Bonchev–Trinajstić information content (AvgIpc) is 3.59. The van der Waals surface area contributed by atoms with Crippen molar-refractivity contribution >= 4 is 58.2 Å². The Morgan fingerprint density at radius 2 is 0.966 bits per heavy atom. The van der Waals surface area contributed by atoms with Gasteiger partial charge < -0.3 is 48.1 Å². The van der Waals surface area contributed by atoms with Gasteiger partial charge in [-0.1, -0.05) is 78.9 Å². The van der Waals surface area contributed by atoms with Gasteiger partial charge in [0.15, 0.2) is 0 Å². The molecule has 58 heavy (non-hydrogen) atoms. The van der Waals surface area contributed by atoms with E-state index < -0.39 is 77.5 Å². The zero-order valence-electron chi connectivity index (χ0n) is 31.9. The van der Waals surface area contributed by atoms with E-state index in [1.54, 1.807) is 91.1 Å². The van der Waals surface area contributed by atoms with Crippen LogP contribution < -0.4 is 38.1 Å². The van der Waals surface area contributed by atoms with Crippen molar-refractivity contribution in [2.24, 2.45) is 11.5 Å². The zero-order chi connectivity index (χ0) is 42.2. The molecule has 4 aromatic rings. The average molecular weight is 797 g/mol. The Morgan fingerprint density at radius 1 is 0.552 bits per heavy atom. The van der Waals surface area contributed by atoms with E-state index in [0.717, 1.165) is 16.5 Å². The molecule has 1 aromatic heterocycles. The summed E-state index contributed by atoms with van der Waals surface area (Å²) in [5.74, 6) is -6.83. The Labute approximate surface area is 334 Å².